The van der Waals surface area contributed by atoms with E-state index in [4.69, 9.17) is 10.00 Å². The van der Waals surface area contributed by atoms with Crippen LogP contribution >= 0.6 is 0 Å². The van der Waals surface area contributed by atoms with Crippen LogP contribution in [0.4, 0.5) is 5.69 Å². The quantitative estimate of drug-likeness (QED) is 0.780. The van der Waals surface area contributed by atoms with Gasteiger partial charge in [0.2, 0.25) is 0 Å². The van der Waals surface area contributed by atoms with E-state index in [1.165, 1.54) is 5.56 Å². The fourth-order valence-electron chi connectivity index (χ4n) is 3.31. The molecule has 3 aromatic rings. The van der Waals surface area contributed by atoms with Gasteiger partial charge in [-0.1, -0.05) is 13.8 Å². The largest absolute Gasteiger partial charge is 0.380 e. The summed E-state index contributed by atoms with van der Waals surface area (Å²) in [6.45, 7) is 5.89. The molecule has 1 N–H and O–H groups in total. The number of hydrogen-bond donors (Lipinski definition) is 1. The highest BCUT2D eigenvalue weighted by atomic mass is 16.5. The summed E-state index contributed by atoms with van der Waals surface area (Å²) >= 11 is 0. The lowest BCUT2D eigenvalue weighted by Gasteiger charge is -2.19. The maximum Gasteiger partial charge on any atom is 0.101 e. The topological polar surface area (TPSA) is 75.2 Å². The van der Waals surface area contributed by atoms with Gasteiger partial charge in [-0.3, -0.25) is 4.98 Å². The maximum absolute atomic E-state index is 9.05. The van der Waals surface area contributed by atoms with Crippen molar-refractivity contribution in [2.75, 3.05) is 18.5 Å². The van der Waals surface area contributed by atoms with Gasteiger partial charge in [0.05, 0.1) is 41.3 Å². The Hall–Kier alpha value is -2.91. The fraction of sp³-hybridized carbons (Fsp3) is 0.350. The Morgan fingerprint density at radius 2 is 2.19 bits per heavy atom. The summed E-state index contributed by atoms with van der Waals surface area (Å²) in [7, 11) is 0. The lowest BCUT2D eigenvalue weighted by molar-refractivity contribution is 0.195. The molecule has 0 radical (unpaired) electrons. The standard InChI is InChI=1S/C20H21N5O/c1-13(2)17-11-22-19(8-18(17)24-15-5-6-26-12-15)20-4-3-16-7-14(9-21)10-23-25(16)20/h3-4,7-8,10-11,13,15H,5-6,12H2,1-2H3,(H,22,24)/t15-/m1/s1. The van der Waals surface area contributed by atoms with Gasteiger partial charge in [-0.05, 0) is 42.2 Å². The second-order valence-electron chi connectivity index (χ2n) is 6.93. The minimum atomic E-state index is 0.336. The highest BCUT2D eigenvalue weighted by Gasteiger charge is 2.19. The zero-order chi connectivity index (χ0) is 18.1. The zero-order valence-electron chi connectivity index (χ0n) is 14.9. The first-order valence-electron chi connectivity index (χ1n) is 8.88. The number of pyridine rings is 1. The van der Waals surface area contributed by atoms with Crippen molar-refractivity contribution in [2.45, 2.75) is 32.2 Å². The van der Waals surface area contributed by atoms with E-state index in [1.54, 1.807) is 6.20 Å². The fourth-order valence-corrected chi connectivity index (χ4v) is 3.31. The third kappa shape index (κ3) is 3.02. The predicted molar refractivity (Wildman–Crippen MR) is 100 cm³/mol. The number of aromatic nitrogens is 3. The highest BCUT2D eigenvalue weighted by Crippen LogP contribution is 2.30. The summed E-state index contributed by atoms with van der Waals surface area (Å²) in [5, 5.41) is 17.1. The second kappa shape index (κ2) is 6.77. The van der Waals surface area contributed by atoms with E-state index >= 15 is 0 Å². The first kappa shape index (κ1) is 16.6. The van der Waals surface area contributed by atoms with Gasteiger partial charge in [-0.2, -0.15) is 10.4 Å². The highest BCUT2D eigenvalue weighted by molar-refractivity contribution is 5.69. The van der Waals surface area contributed by atoms with Crippen molar-refractivity contribution in [3.63, 3.8) is 0 Å². The van der Waals surface area contributed by atoms with Crippen LogP contribution in [0.25, 0.3) is 16.9 Å². The molecule has 0 amide bonds. The van der Waals surface area contributed by atoms with E-state index < -0.39 is 0 Å². The Balaban J connectivity index is 1.76. The number of hydrogen-bond acceptors (Lipinski definition) is 5. The molecule has 0 aliphatic carbocycles. The lowest BCUT2D eigenvalue weighted by Crippen LogP contribution is -2.20. The van der Waals surface area contributed by atoms with Crippen molar-refractivity contribution < 1.29 is 4.74 Å². The van der Waals surface area contributed by atoms with Crippen molar-refractivity contribution in [3.8, 4) is 17.5 Å². The summed E-state index contributed by atoms with van der Waals surface area (Å²) in [6, 6.07) is 10.3. The number of nitrogens with zero attached hydrogens (tertiary/aromatic N) is 4. The van der Waals surface area contributed by atoms with E-state index in [2.05, 4.69) is 41.4 Å². The second-order valence-corrected chi connectivity index (χ2v) is 6.93. The smallest absolute Gasteiger partial charge is 0.101 e. The lowest BCUT2D eigenvalue weighted by atomic mass is 10.0. The SMILES string of the molecule is CC(C)c1cnc(-c2ccc3cc(C#N)cnn23)cc1N[C@@H]1CCOC1. The number of nitriles is 1. The van der Waals surface area contributed by atoms with Crippen LogP contribution in [0, 0.1) is 11.3 Å². The van der Waals surface area contributed by atoms with E-state index in [-0.39, 0.29) is 0 Å². The minimum Gasteiger partial charge on any atom is -0.380 e. The average Bonchev–Trinajstić information content (AvgIpc) is 3.30. The van der Waals surface area contributed by atoms with E-state index in [9.17, 15) is 0 Å². The summed E-state index contributed by atoms with van der Waals surface area (Å²) in [6.07, 6.45) is 4.54. The molecule has 1 saturated heterocycles. The molecule has 26 heavy (non-hydrogen) atoms. The van der Waals surface area contributed by atoms with Crippen molar-refractivity contribution in [2.24, 2.45) is 0 Å². The Morgan fingerprint density at radius 3 is 2.92 bits per heavy atom. The number of nitrogens with one attached hydrogen (secondary N) is 1. The maximum atomic E-state index is 9.05. The molecule has 1 aliphatic rings. The first-order valence-corrected chi connectivity index (χ1v) is 8.88. The van der Waals surface area contributed by atoms with Crippen molar-refractivity contribution in [3.05, 3.63) is 47.8 Å². The molecule has 0 bridgehead atoms. The molecule has 4 heterocycles. The molecule has 6 heteroatoms. The summed E-state index contributed by atoms with van der Waals surface area (Å²) in [5.41, 5.74) is 5.49. The molecule has 0 unspecified atom stereocenters. The molecule has 132 valence electrons. The Labute approximate surface area is 152 Å². The Kier molecular flexibility index (Phi) is 4.31. The van der Waals surface area contributed by atoms with Crippen LogP contribution in [0.15, 0.2) is 36.7 Å². The minimum absolute atomic E-state index is 0.336. The van der Waals surface area contributed by atoms with Crippen LogP contribution in [0.1, 0.15) is 37.3 Å². The molecule has 3 aromatic heterocycles. The van der Waals surface area contributed by atoms with Gasteiger partial charge in [-0.15, -0.1) is 0 Å². The monoisotopic (exact) mass is 347 g/mol. The summed E-state index contributed by atoms with van der Waals surface area (Å²) in [4.78, 5) is 4.67. The van der Waals surface area contributed by atoms with Gasteiger partial charge in [0.25, 0.3) is 0 Å². The summed E-state index contributed by atoms with van der Waals surface area (Å²) in [5.74, 6) is 0.377. The van der Waals surface area contributed by atoms with Gasteiger partial charge in [-0.25, -0.2) is 4.52 Å². The van der Waals surface area contributed by atoms with Gasteiger partial charge in [0, 0.05) is 18.5 Å². The number of anilines is 1. The van der Waals surface area contributed by atoms with Gasteiger partial charge in [0.15, 0.2) is 0 Å². The molecule has 4 rings (SSSR count). The number of ether oxygens (including phenoxy) is 1. The van der Waals surface area contributed by atoms with Crippen molar-refractivity contribution >= 4 is 11.2 Å². The number of fused-ring (bicyclic) bond motifs is 1. The molecule has 1 atom stereocenters. The Morgan fingerprint density at radius 1 is 1.31 bits per heavy atom. The molecule has 1 aliphatic heterocycles. The molecule has 0 aromatic carbocycles. The van der Waals surface area contributed by atoms with E-state index in [1.807, 2.05) is 28.9 Å². The molecule has 6 nitrogen and oxygen atoms in total. The molecular weight excluding hydrogens is 326 g/mol. The average molecular weight is 347 g/mol. The zero-order valence-corrected chi connectivity index (χ0v) is 14.9. The predicted octanol–water partition coefficient (Wildman–Crippen LogP) is 3.59. The van der Waals surface area contributed by atoms with Crippen LogP contribution in [0.2, 0.25) is 0 Å². The van der Waals surface area contributed by atoms with E-state index in [0.29, 0.717) is 17.5 Å². The Bertz CT molecular complexity index is 980. The van der Waals surface area contributed by atoms with Crippen LogP contribution in [0.3, 0.4) is 0 Å². The van der Waals surface area contributed by atoms with Crippen LogP contribution in [0.5, 0.6) is 0 Å². The van der Waals surface area contributed by atoms with Crippen LogP contribution in [-0.2, 0) is 4.74 Å². The van der Waals surface area contributed by atoms with Crippen molar-refractivity contribution in [1.82, 2.24) is 14.6 Å². The van der Waals surface area contributed by atoms with Crippen LogP contribution < -0.4 is 5.32 Å². The molecule has 1 fully saturated rings. The van der Waals surface area contributed by atoms with E-state index in [0.717, 1.165) is 42.2 Å². The summed E-state index contributed by atoms with van der Waals surface area (Å²) < 4.78 is 7.31. The third-order valence-corrected chi connectivity index (χ3v) is 4.74. The molecule has 0 saturated carbocycles. The molecular formula is C20H21N5O. The van der Waals surface area contributed by atoms with Crippen molar-refractivity contribution in [1.29, 1.82) is 5.26 Å². The van der Waals surface area contributed by atoms with Gasteiger partial charge in [0.1, 0.15) is 6.07 Å². The normalized spacial score (nSPS) is 16.9. The molecule has 0 spiro atoms. The van der Waals surface area contributed by atoms with Crippen LogP contribution in [-0.4, -0.2) is 33.9 Å². The van der Waals surface area contributed by atoms with Gasteiger partial charge < -0.3 is 10.1 Å². The number of rotatable bonds is 4. The van der Waals surface area contributed by atoms with Gasteiger partial charge >= 0.3 is 0 Å². The third-order valence-electron chi connectivity index (χ3n) is 4.74. The first-order chi connectivity index (χ1) is 12.7.